The molecule has 0 fully saturated rings. The minimum absolute atomic E-state index is 0.255. The zero-order valence-electron chi connectivity index (χ0n) is 13.3. The van der Waals surface area contributed by atoms with Crippen molar-refractivity contribution >= 4 is 11.6 Å². The number of carbonyl (C=O) groups is 1. The number of hydrogen-bond acceptors (Lipinski definition) is 4. The molecule has 0 unspecified atom stereocenters. The van der Waals surface area contributed by atoms with E-state index in [1.165, 1.54) is 18.4 Å². The summed E-state index contributed by atoms with van der Waals surface area (Å²) in [6.45, 7) is 0.261. The van der Waals surface area contributed by atoms with Gasteiger partial charge in [-0.2, -0.15) is 0 Å². The molecule has 0 spiro atoms. The molecule has 0 saturated carbocycles. The molecular formula is C18H12F2N4O2. The van der Waals surface area contributed by atoms with Crippen molar-refractivity contribution in [3.8, 4) is 11.4 Å². The Morgan fingerprint density at radius 3 is 2.65 bits per heavy atom. The van der Waals surface area contributed by atoms with Gasteiger partial charge in [0.25, 0.3) is 5.91 Å². The van der Waals surface area contributed by atoms with Gasteiger partial charge in [-0.05, 0) is 36.4 Å². The van der Waals surface area contributed by atoms with Crippen molar-refractivity contribution in [1.82, 2.24) is 19.9 Å². The van der Waals surface area contributed by atoms with E-state index in [0.717, 1.165) is 6.07 Å². The van der Waals surface area contributed by atoms with Gasteiger partial charge in [0.1, 0.15) is 17.4 Å². The summed E-state index contributed by atoms with van der Waals surface area (Å²) in [6.07, 6.45) is 3.11. The van der Waals surface area contributed by atoms with Gasteiger partial charge in [0.05, 0.1) is 12.8 Å². The van der Waals surface area contributed by atoms with Crippen LogP contribution in [0.25, 0.3) is 17.0 Å². The summed E-state index contributed by atoms with van der Waals surface area (Å²) in [7, 11) is 0. The molecule has 4 aromatic rings. The van der Waals surface area contributed by atoms with Crippen LogP contribution in [0.5, 0.6) is 0 Å². The molecular weight excluding hydrogens is 342 g/mol. The lowest BCUT2D eigenvalue weighted by atomic mass is 10.2. The summed E-state index contributed by atoms with van der Waals surface area (Å²) in [4.78, 5) is 12.2. The Labute approximate surface area is 146 Å². The molecule has 0 bridgehead atoms. The number of aromatic nitrogens is 3. The molecule has 0 saturated heterocycles. The van der Waals surface area contributed by atoms with E-state index in [1.54, 1.807) is 34.9 Å². The fourth-order valence-corrected chi connectivity index (χ4v) is 2.59. The maximum Gasteiger partial charge on any atom is 0.251 e. The highest BCUT2D eigenvalue weighted by molar-refractivity contribution is 5.95. The number of furan rings is 1. The van der Waals surface area contributed by atoms with Crippen LogP contribution in [0.3, 0.4) is 0 Å². The number of hydrogen-bond donors (Lipinski definition) is 1. The van der Waals surface area contributed by atoms with E-state index in [9.17, 15) is 13.6 Å². The number of carbonyl (C=O) groups excluding carboxylic acids is 1. The van der Waals surface area contributed by atoms with Gasteiger partial charge in [0, 0.05) is 23.4 Å². The van der Waals surface area contributed by atoms with Gasteiger partial charge in [-0.3, -0.25) is 9.20 Å². The molecule has 3 heterocycles. The monoisotopic (exact) mass is 354 g/mol. The predicted molar refractivity (Wildman–Crippen MR) is 88.2 cm³/mol. The first-order valence-corrected chi connectivity index (χ1v) is 7.72. The van der Waals surface area contributed by atoms with Crippen molar-refractivity contribution in [2.75, 3.05) is 0 Å². The number of fused-ring (bicyclic) bond motifs is 1. The van der Waals surface area contributed by atoms with Crippen molar-refractivity contribution in [1.29, 1.82) is 0 Å². The zero-order valence-corrected chi connectivity index (χ0v) is 13.3. The normalized spacial score (nSPS) is 11.0. The van der Waals surface area contributed by atoms with Gasteiger partial charge in [-0.25, -0.2) is 8.78 Å². The lowest BCUT2D eigenvalue weighted by Crippen LogP contribution is -2.22. The number of nitrogens with one attached hydrogen (secondary N) is 1. The molecule has 130 valence electrons. The highest BCUT2D eigenvalue weighted by atomic mass is 19.1. The smallest absolute Gasteiger partial charge is 0.251 e. The molecule has 8 heteroatoms. The van der Waals surface area contributed by atoms with E-state index in [4.69, 9.17) is 4.42 Å². The molecule has 6 nitrogen and oxygen atoms in total. The molecule has 0 aliphatic heterocycles. The fourth-order valence-electron chi connectivity index (χ4n) is 2.59. The fraction of sp³-hybridized carbons (Fsp3) is 0.0556. The molecule has 26 heavy (non-hydrogen) atoms. The first-order chi connectivity index (χ1) is 12.6. The van der Waals surface area contributed by atoms with E-state index < -0.39 is 11.6 Å². The lowest BCUT2D eigenvalue weighted by molar-refractivity contribution is 0.0948. The highest BCUT2D eigenvalue weighted by Crippen LogP contribution is 2.21. The number of pyridine rings is 1. The summed E-state index contributed by atoms with van der Waals surface area (Å²) in [6, 6.07) is 9.74. The average molecular weight is 354 g/mol. The van der Waals surface area contributed by atoms with Crippen LogP contribution in [-0.4, -0.2) is 20.5 Å². The van der Waals surface area contributed by atoms with Crippen LogP contribution in [0.15, 0.2) is 59.3 Å². The first-order valence-electron chi connectivity index (χ1n) is 7.72. The van der Waals surface area contributed by atoms with Gasteiger partial charge in [-0.1, -0.05) is 0 Å². The van der Waals surface area contributed by atoms with Crippen LogP contribution >= 0.6 is 0 Å². The SMILES string of the molecule is O=C(NCc1ccco1)c1ccn2c(-c3cc(F)cc(F)c3)nnc2c1. The van der Waals surface area contributed by atoms with Crippen molar-refractivity contribution in [2.24, 2.45) is 0 Å². The largest absolute Gasteiger partial charge is 0.467 e. The minimum atomic E-state index is -0.703. The minimum Gasteiger partial charge on any atom is -0.467 e. The Hall–Kier alpha value is -3.55. The summed E-state index contributed by atoms with van der Waals surface area (Å²) in [5, 5.41) is 10.7. The molecule has 0 aliphatic rings. The van der Waals surface area contributed by atoms with Crippen molar-refractivity contribution in [3.05, 3.63) is 77.9 Å². The number of benzene rings is 1. The molecule has 1 aromatic carbocycles. The number of halogens is 2. The molecule has 3 aromatic heterocycles. The second-order valence-corrected chi connectivity index (χ2v) is 5.59. The van der Waals surface area contributed by atoms with Gasteiger partial charge in [0.15, 0.2) is 11.5 Å². The predicted octanol–water partition coefficient (Wildman–Crippen LogP) is 3.20. The standard InChI is InChI=1S/C18H12F2N4O2/c19-13-6-12(7-14(20)9-13)17-23-22-16-8-11(3-4-24(16)17)18(25)21-10-15-2-1-5-26-15/h1-9H,10H2,(H,21,25). The number of amides is 1. The third kappa shape index (κ3) is 3.04. The second-order valence-electron chi connectivity index (χ2n) is 5.59. The van der Waals surface area contributed by atoms with Gasteiger partial charge >= 0.3 is 0 Å². The summed E-state index contributed by atoms with van der Waals surface area (Å²) < 4.78 is 33.6. The maximum atomic E-state index is 13.4. The van der Waals surface area contributed by atoms with Crippen LogP contribution < -0.4 is 5.32 Å². The van der Waals surface area contributed by atoms with E-state index in [1.807, 2.05) is 0 Å². The first kappa shape index (κ1) is 15.9. The topological polar surface area (TPSA) is 72.4 Å². The van der Waals surface area contributed by atoms with E-state index in [-0.39, 0.29) is 23.8 Å². The lowest BCUT2D eigenvalue weighted by Gasteiger charge is -2.05. The van der Waals surface area contributed by atoms with E-state index >= 15 is 0 Å². The van der Waals surface area contributed by atoms with Gasteiger partial charge in [-0.15, -0.1) is 10.2 Å². The van der Waals surface area contributed by atoms with Crippen LogP contribution in [0.2, 0.25) is 0 Å². The molecule has 1 N–H and O–H groups in total. The van der Waals surface area contributed by atoms with E-state index in [2.05, 4.69) is 15.5 Å². The van der Waals surface area contributed by atoms with Crippen LogP contribution in [0.4, 0.5) is 8.78 Å². The molecule has 0 aliphatic carbocycles. The van der Waals surface area contributed by atoms with Gasteiger partial charge < -0.3 is 9.73 Å². The Morgan fingerprint density at radius 1 is 1.12 bits per heavy atom. The molecule has 4 rings (SSSR count). The zero-order chi connectivity index (χ0) is 18.1. The summed E-state index contributed by atoms with van der Waals surface area (Å²) >= 11 is 0. The van der Waals surface area contributed by atoms with Crippen molar-refractivity contribution in [3.63, 3.8) is 0 Å². The average Bonchev–Trinajstić information content (AvgIpc) is 3.27. The van der Waals surface area contributed by atoms with Crippen LogP contribution in [0.1, 0.15) is 16.1 Å². The summed E-state index contributed by atoms with van der Waals surface area (Å²) in [5.74, 6) is -0.792. The highest BCUT2D eigenvalue weighted by Gasteiger charge is 2.13. The Balaban J connectivity index is 1.61. The van der Waals surface area contributed by atoms with Crippen molar-refractivity contribution in [2.45, 2.75) is 6.54 Å². The molecule has 0 atom stereocenters. The Bertz CT molecular complexity index is 1070. The molecule has 1 amide bonds. The quantitative estimate of drug-likeness (QED) is 0.611. The van der Waals surface area contributed by atoms with Crippen LogP contribution in [0, 0.1) is 11.6 Å². The Morgan fingerprint density at radius 2 is 1.92 bits per heavy atom. The third-order valence-corrected chi connectivity index (χ3v) is 3.80. The third-order valence-electron chi connectivity index (χ3n) is 3.80. The number of rotatable bonds is 4. The van der Waals surface area contributed by atoms with E-state index in [0.29, 0.717) is 17.0 Å². The Kier molecular flexibility index (Phi) is 3.92. The van der Waals surface area contributed by atoms with Crippen molar-refractivity contribution < 1.29 is 18.0 Å². The van der Waals surface area contributed by atoms with Gasteiger partial charge in [0.2, 0.25) is 0 Å². The number of nitrogens with zero attached hydrogens (tertiary/aromatic N) is 3. The summed E-state index contributed by atoms with van der Waals surface area (Å²) in [5.41, 5.74) is 1.02. The molecule has 0 radical (unpaired) electrons. The van der Waals surface area contributed by atoms with Crippen LogP contribution in [-0.2, 0) is 6.54 Å². The maximum absolute atomic E-state index is 13.4. The second kappa shape index (κ2) is 6.40.